The van der Waals surface area contributed by atoms with Crippen LogP contribution in [0.1, 0.15) is 26.2 Å². The normalized spacial score (nSPS) is 26.8. The first-order valence-electron chi connectivity index (χ1n) is 5.44. The van der Waals surface area contributed by atoms with E-state index in [1.165, 1.54) is 4.90 Å². The van der Waals surface area contributed by atoms with E-state index in [0.717, 1.165) is 6.42 Å². The zero-order valence-electron chi connectivity index (χ0n) is 9.30. The van der Waals surface area contributed by atoms with E-state index in [2.05, 4.69) is 0 Å². The highest BCUT2D eigenvalue weighted by Gasteiger charge is 2.40. The standard InChI is InChI=1S/C10H18N2O4/c1-2-3-7(11)9(14)12-5-6(13)4-8(12)10(15)16/h6-8,13H,2-5,11H2,1H3,(H,15,16)/t6-,7+,8-/m1/s1. The molecule has 0 aromatic rings. The van der Waals surface area contributed by atoms with Crippen LogP contribution in [0.2, 0.25) is 0 Å². The number of nitrogens with two attached hydrogens (primary N) is 1. The van der Waals surface area contributed by atoms with E-state index < -0.39 is 24.2 Å². The van der Waals surface area contributed by atoms with Crippen molar-refractivity contribution in [2.45, 2.75) is 44.4 Å². The fourth-order valence-electron chi connectivity index (χ4n) is 1.94. The van der Waals surface area contributed by atoms with E-state index in [0.29, 0.717) is 6.42 Å². The first kappa shape index (κ1) is 12.9. The van der Waals surface area contributed by atoms with E-state index >= 15 is 0 Å². The molecule has 1 saturated heterocycles. The van der Waals surface area contributed by atoms with Gasteiger partial charge in [0.1, 0.15) is 6.04 Å². The average molecular weight is 230 g/mol. The van der Waals surface area contributed by atoms with Crippen molar-refractivity contribution >= 4 is 11.9 Å². The van der Waals surface area contributed by atoms with E-state index in [4.69, 9.17) is 10.8 Å². The van der Waals surface area contributed by atoms with E-state index in [1.54, 1.807) is 0 Å². The predicted molar refractivity (Wildman–Crippen MR) is 56.6 cm³/mol. The highest BCUT2D eigenvalue weighted by atomic mass is 16.4. The number of carboxylic acids is 1. The number of aliphatic hydroxyl groups excluding tert-OH is 1. The number of carbonyl (C=O) groups is 2. The second-order valence-electron chi connectivity index (χ2n) is 4.13. The van der Waals surface area contributed by atoms with Gasteiger partial charge in [0.25, 0.3) is 0 Å². The van der Waals surface area contributed by atoms with Gasteiger partial charge >= 0.3 is 5.97 Å². The molecule has 6 heteroatoms. The summed E-state index contributed by atoms with van der Waals surface area (Å²) < 4.78 is 0. The molecule has 1 amide bonds. The highest BCUT2D eigenvalue weighted by Crippen LogP contribution is 2.19. The van der Waals surface area contributed by atoms with Crippen molar-refractivity contribution in [3.05, 3.63) is 0 Å². The quantitative estimate of drug-likeness (QED) is 0.584. The second-order valence-corrected chi connectivity index (χ2v) is 4.13. The van der Waals surface area contributed by atoms with Crippen molar-refractivity contribution in [2.24, 2.45) is 5.73 Å². The largest absolute Gasteiger partial charge is 0.480 e. The molecule has 0 bridgehead atoms. The highest BCUT2D eigenvalue weighted by molar-refractivity contribution is 5.87. The number of aliphatic hydroxyl groups is 1. The van der Waals surface area contributed by atoms with Gasteiger partial charge in [-0.2, -0.15) is 0 Å². The Morgan fingerprint density at radius 1 is 1.56 bits per heavy atom. The van der Waals surface area contributed by atoms with Gasteiger partial charge < -0.3 is 20.8 Å². The van der Waals surface area contributed by atoms with E-state index in [1.807, 2.05) is 6.92 Å². The summed E-state index contributed by atoms with van der Waals surface area (Å²) in [6.07, 6.45) is 0.609. The van der Waals surface area contributed by atoms with Gasteiger partial charge in [-0.3, -0.25) is 4.79 Å². The molecule has 1 fully saturated rings. The summed E-state index contributed by atoms with van der Waals surface area (Å²) in [5.74, 6) is -1.47. The molecular weight excluding hydrogens is 212 g/mol. The Bertz CT molecular complexity index is 282. The Kier molecular flexibility index (Phi) is 4.26. The lowest BCUT2D eigenvalue weighted by Gasteiger charge is -2.24. The maximum atomic E-state index is 11.8. The smallest absolute Gasteiger partial charge is 0.326 e. The molecule has 0 saturated carbocycles. The van der Waals surface area contributed by atoms with E-state index in [-0.39, 0.29) is 18.9 Å². The maximum absolute atomic E-state index is 11.8. The topological polar surface area (TPSA) is 104 Å². The van der Waals surface area contributed by atoms with Crippen molar-refractivity contribution in [2.75, 3.05) is 6.54 Å². The van der Waals surface area contributed by atoms with Gasteiger partial charge in [0.2, 0.25) is 5.91 Å². The molecule has 92 valence electrons. The molecule has 0 unspecified atom stereocenters. The first-order valence-corrected chi connectivity index (χ1v) is 5.44. The fourth-order valence-corrected chi connectivity index (χ4v) is 1.94. The summed E-state index contributed by atoms with van der Waals surface area (Å²) in [7, 11) is 0. The van der Waals surface area contributed by atoms with Crippen molar-refractivity contribution in [1.29, 1.82) is 0 Å². The predicted octanol–water partition coefficient (Wildman–Crippen LogP) is -0.840. The number of carbonyl (C=O) groups excluding carboxylic acids is 1. The van der Waals surface area contributed by atoms with E-state index in [9.17, 15) is 14.7 Å². The monoisotopic (exact) mass is 230 g/mol. The van der Waals surface area contributed by atoms with Gasteiger partial charge in [0.05, 0.1) is 12.1 Å². The third-order valence-electron chi connectivity index (χ3n) is 2.76. The molecule has 0 spiro atoms. The zero-order chi connectivity index (χ0) is 12.3. The number of amides is 1. The maximum Gasteiger partial charge on any atom is 0.326 e. The van der Waals surface area contributed by atoms with Crippen LogP contribution in [0.3, 0.4) is 0 Å². The molecule has 0 aromatic carbocycles. The van der Waals surface area contributed by atoms with Crippen LogP contribution in [-0.2, 0) is 9.59 Å². The van der Waals surface area contributed by atoms with Gasteiger partial charge in [-0.15, -0.1) is 0 Å². The number of carboxylic acid groups (broad SMARTS) is 1. The van der Waals surface area contributed by atoms with Gasteiger partial charge in [-0.05, 0) is 6.42 Å². The van der Waals surface area contributed by atoms with Crippen molar-refractivity contribution in [1.82, 2.24) is 4.90 Å². The Balaban J connectivity index is 2.70. The molecule has 1 aliphatic rings. The Hall–Kier alpha value is -1.14. The third-order valence-corrected chi connectivity index (χ3v) is 2.76. The van der Waals surface area contributed by atoms with Crippen molar-refractivity contribution in [3.8, 4) is 0 Å². The summed E-state index contributed by atoms with van der Waals surface area (Å²) in [6, 6.07) is -1.61. The summed E-state index contributed by atoms with van der Waals surface area (Å²) in [6.45, 7) is 1.97. The molecule has 16 heavy (non-hydrogen) atoms. The summed E-state index contributed by atoms with van der Waals surface area (Å²) >= 11 is 0. The number of β-amino-alcohol motifs (C(OH)–C–C–N with tert-alkyl or cyclic N) is 1. The number of likely N-dealkylation sites (tertiary alicyclic amines) is 1. The lowest BCUT2D eigenvalue weighted by Crippen LogP contribution is -2.48. The molecule has 0 radical (unpaired) electrons. The average Bonchev–Trinajstić information content (AvgIpc) is 2.59. The number of aliphatic carboxylic acids is 1. The summed E-state index contributed by atoms with van der Waals surface area (Å²) in [4.78, 5) is 23.9. The zero-order valence-corrected chi connectivity index (χ0v) is 9.30. The molecule has 4 N–H and O–H groups in total. The number of rotatable bonds is 4. The van der Waals surface area contributed by atoms with Crippen LogP contribution < -0.4 is 5.73 Å². The SMILES string of the molecule is CCC[C@H](N)C(=O)N1C[C@H](O)C[C@@H]1C(=O)O. The van der Waals surface area contributed by atoms with Crippen LogP contribution >= 0.6 is 0 Å². The van der Waals surface area contributed by atoms with Gasteiger partial charge in [0, 0.05) is 13.0 Å². The van der Waals surface area contributed by atoms with Crippen LogP contribution in [-0.4, -0.2) is 51.7 Å². The minimum atomic E-state index is -1.09. The Morgan fingerprint density at radius 2 is 2.19 bits per heavy atom. The molecule has 0 aliphatic carbocycles. The number of hydrogen-bond acceptors (Lipinski definition) is 4. The lowest BCUT2D eigenvalue weighted by atomic mass is 10.1. The van der Waals surface area contributed by atoms with Crippen LogP contribution in [0.25, 0.3) is 0 Å². The second kappa shape index (κ2) is 5.27. The number of hydrogen-bond donors (Lipinski definition) is 3. The molecule has 0 aromatic heterocycles. The molecule has 1 rings (SSSR count). The van der Waals surface area contributed by atoms with Crippen LogP contribution in [0.4, 0.5) is 0 Å². The Labute approximate surface area is 94.0 Å². The van der Waals surface area contributed by atoms with Crippen LogP contribution in [0, 0.1) is 0 Å². The molecule has 1 aliphatic heterocycles. The van der Waals surface area contributed by atoms with Crippen molar-refractivity contribution < 1.29 is 19.8 Å². The number of nitrogens with zero attached hydrogens (tertiary/aromatic N) is 1. The first-order chi connectivity index (χ1) is 7.47. The lowest BCUT2D eigenvalue weighted by molar-refractivity contribution is -0.148. The van der Waals surface area contributed by atoms with Gasteiger partial charge in [-0.1, -0.05) is 13.3 Å². The molecule has 1 heterocycles. The molecule has 6 nitrogen and oxygen atoms in total. The van der Waals surface area contributed by atoms with Gasteiger partial charge in [0.15, 0.2) is 0 Å². The van der Waals surface area contributed by atoms with Crippen molar-refractivity contribution in [3.63, 3.8) is 0 Å². The fraction of sp³-hybridized carbons (Fsp3) is 0.800. The molecule has 3 atom stereocenters. The summed E-state index contributed by atoms with van der Waals surface area (Å²) in [5.41, 5.74) is 5.65. The van der Waals surface area contributed by atoms with Gasteiger partial charge in [-0.25, -0.2) is 4.79 Å². The third kappa shape index (κ3) is 2.70. The Morgan fingerprint density at radius 3 is 2.69 bits per heavy atom. The minimum Gasteiger partial charge on any atom is -0.480 e. The van der Waals surface area contributed by atoms with Crippen LogP contribution in [0.15, 0.2) is 0 Å². The summed E-state index contributed by atoms with van der Waals surface area (Å²) in [5, 5.41) is 18.3. The molecular formula is C10H18N2O4. The van der Waals surface area contributed by atoms with Crippen LogP contribution in [0.5, 0.6) is 0 Å². The minimum absolute atomic E-state index is 0.0627.